The van der Waals surface area contributed by atoms with E-state index < -0.39 is 0 Å². The van der Waals surface area contributed by atoms with Crippen LogP contribution in [-0.2, 0) is 9.47 Å². The molecule has 0 saturated heterocycles. The number of hydrogen-bond acceptors (Lipinski definition) is 2. The van der Waals surface area contributed by atoms with Crippen molar-refractivity contribution in [3.8, 4) is 0 Å². The predicted molar refractivity (Wildman–Crippen MR) is 55.3 cm³/mol. The lowest BCUT2D eigenvalue weighted by Crippen LogP contribution is -2.16. The Labute approximate surface area is 81.2 Å². The van der Waals surface area contributed by atoms with Crippen LogP contribution < -0.4 is 0 Å². The summed E-state index contributed by atoms with van der Waals surface area (Å²) in [7, 11) is 0. The summed E-state index contributed by atoms with van der Waals surface area (Å²) in [5.41, 5.74) is 0.256. The quantitative estimate of drug-likeness (QED) is 0.426. The zero-order valence-electron chi connectivity index (χ0n) is 8.71. The van der Waals surface area contributed by atoms with Crippen molar-refractivity contribution in [1.29, 1.82) is 0 Å². The second kappa shape index (κ2) is 6.58. The number of hydrogen-bond donors (Lipinski definition) is 0. The van der Waals surface area contributed by atoms with Crippen molar-refractivity contribution < 1.29 is 9.47 Å². The second-order valence-electron chi connectivity index (χ2n) is 3.74. The van der Waals surface area contributed by atoms with Gasteiger partial charge in [-0.2, -0.15) is 0 Å². The molecule has 2 heteroatoms. The summed E-state index contributed by atoms with van der Waals surface area (Å²) < 4.78 is 10.2. The van der Waals surface area contributed by atoms with Gasteiger partial charge in [0.2, 0.25) is 0 Å². The van der Waals surface area contributed by atoms with Crippen LogP contribution in [0.5, 0.6) is 0 Å². The van der Waals surface area contributed by atoms with Crippen LogP contribution in [0.2, 0.25) is 0 Å². The maximum Gasteiger partial charge on any atom is 0.0878 e. The highest BCUT2D eigenvalue weighted by Gasteiger charge is 2.17. The first-order chi connectivity index (χ1) is 6.12. The van der Waals surface area contributed by atoms with Gasteiger partial charge in [0, 0.05) is 0 Å². The van der Waals surface area contributed by atoms with Crippen molar-refractivity contribution in [2.45, 2.75) is 26.7 Å². The van der Waals surface area contributed by atoms with Crippen LogP contribution in [0.4, 0.5) is 0 Å². The van der Waals surface area contributed by atoms with Gasteiger partial charge in [-0.25, -0.2) is 0 Å². The zero-order chi connectivity index (χ0) is 10.2. The van der Waals surface area contributed by atoms with E-state index in [-0.39, 0.29) is 5.41 Å². The molecule has 0 aromatic carbocycles. The summed E-state index contributed by atoms with van der Waals surface area (Å²) in [6, 6.07) is 0. The van der Waals surface area contributed by atoms with Crippen molar-refractivity contribution >= 4 is 0 Å². The third kappa shape index (κ3) is 7.44. The minimum absolute atomic E-state index is 0.256. The van der Waals surface area contributed by atoms with Gasteiger partial charge in [-0.05, 0) is 18.3 Å². The minimum Gasteiger partial charge on any atom is -0.502 e. The third-order valence-corrected chi connectivity index (χ3v) is 2.03. The molecule has 76 valence electrons. The van der Waals surface area contributed by atoms with Crippen LogP contribution in [0, 0.1) is 5.41 Å². The molecule has 0 aliphatic rings. The van der Waals surface area contributed by atoms with Crippen molar-refractivity contribution in [2.75, 3.05) is 13.2 Å². The Balaban J connectivity index is 3.52. The Morgan fingerprint density at radius 2 is 1.38 bits per heavy atom. The second-order valence-corrected chi connectivity index (χ2v) is 3.74. The lowest BCUT2D eigenvalue weighted by Gasteiger charge is -2.23. The Hall–Kier alpha value is -0.920. The van der Waals surface area contributed by atoms with Crippen LogP contribution >= 0.6 is 0 Å². The van der Waals surface area contributed by atoms with E-state index in [4.69, 9.17) is 9.47 Å². The molecule has 0 rings (SSSR count). The Bertz CT molecular complexity index is 134. The van der Waals surface area contributed by atoms with Gasteiger partial charge in [0.25, 0.3) is 0 Å². The van der Waals surface area contributed by atoms with Crippen molar-refractivity contribution in [1.82, 2.24) is 0 Å². The molecule has 0 heterocycles. The first-order valence-electron chi connectivity index (χ1n) is 4.57. The van der Waals surface area contributed by atoms with E-state index in [2.05, 4.69) is 27.0 Å². The first-order valence-corrected chi connectivity index (χ1v) is 4.57. The molecule has 0 N–H and O–H groups in total. The van der Waals surface area contributed by atoms with Gasteiger partial charge in [0.15, 0.2) is 0 Å². The fraction of sp³-hybridized carbons (Fsp3) is 0.636. The largest absolute Gasteiger partial charge is 0.502 e. The van der Waals surface area contributed by atoms with Crippen LogP contribution in [-0.4, -0.2) is 13.2 Å². The molecule has 0 fully saturated rings. The highest BCUT2D eigenvalue weighted by atomic mass is 16.5. The van der Waals surface area contributed by atoms with E-state index in [0.717, 1.165) is 26.1 Å². The molecule has 0 atom stereocenters. The van der Waals surface area contributed by atoms with Gasteiger partial charge in [0.05, 0.1) is 25.7 Å². The Morgan fingerprint density at radius 1 is 1.00 bits per heavy atom. The lowest BCUT2D eigenvalue weighted by molar-refractivity contribution is 0.144. The molecule has 0 aromatic rings. The average Bonchev–Trinajstić information content (AvgIpc) is 2.05. The maximum absolute atomic E-state index is 5.08. The molecular formula is C11H20O2. The maximum atomic E-state index is 5.08. The summed E-state index contributed by atoms with van der Waals surface area (Å²) >= 11 is 0. The number of rotatable bonds is 8. The van der Waals surface area contributed by atoms with Gasteiger partial charge in [0.1, 0.15) is 0 Å². The van der Waals surface area contributed by atoms with Gasteiger partial charge >= 0.3 is 0 Å². The molecule has 0 radical (unpaired) electrons. The molecule has 0 aromatic heterocycles. The Kier molecular flexibility index (Phi) is 6.11. The topological polar surface area (TPSA) is 18.5 Å². The van der Waals surface area contributed by atoms with E-state index in [1.54, 1.807) is 0 Å². The fourth-order valence-corrected chi connectivity index (χ4v) is 0.962. The summed E-state index contributed by atoms with van der Waals surface area (Å²) in [5.74, 6) is 0. The smallest absolute Gasteiger partial charge is 0.0878 e. The van der Waals surface area contributed by atoms with Gasteiger partial charge in [-0.1, -0.05) is 27.0 Å². The van der Waals surface area contributed by atoms with Gasteiger partial charge < -0.3 is 9.47 Å². The van der Waals surface area contributed by atoms with Crippen molar-refractivity contribution in [3.05, 3.63) is 25.7 Å². The molecule has 0 aliphatic carbocycles. The molecule has 0 bridgehead atoms. The van der Waals surface area contributed by atoms with E-state index in [1.165, 1.54) is 12.5 Å². The lowest BCUT2D eigenvalue weighted by atomic mass is 9.86. The first kappa shape index (κ1) is 12.1. The molecule has 0 amide bonds. The summed E-state index contributed by atoms with van der Waals surface area (Å²) in [6.45, 7) is 12.8. The van der Waals surface area contributed by atoms with Gasteiger partial charge in [-0.3, -0.25) is 0 Å². The molecule has 0 spiro atoms. The highest BCUT2D eigenvalue weighted by Crippen LogP contribution is 2.24. The SMILES string of the molecule is C=COCCC(C)(C)CCOC=C. The monoisotopic (exact) mass is 184 g/mol. The predicted octanol–water partition coefficient (Wildman–Crippen LogP) is 3.11. The van der Waals surface area contributed by atoms with Crippen molar-refractivity contribution in [3.63, 3.8) is 0 Å². The molecule has 0 unspecified atom stereocenters. The third-order valence-electron chi connectivity index (χ3n) is 2.03. The normalized spacial score (nSPS) is 10.6. The van der Waals surface area contributed by atoms with Crippen LogP contribution in [0.25, 0.3) is 0 Å². The zero-order valence-corrected chi connectivity index (χ0v) is 8.71. The summed E-state index contributed by atoms with van der Waals surface area (Å²) in [5, 5.41) is 0. The van der Waals surface area contributed by atoms with Crippen LogP contribution in [0.1, 0.15) is 26.7 Å². The summed E-state index contributed by atoms with van der Waals surface area (Å²) in [6.07, 6.45) is 4.99. The Morgan fingerprint density at radius 3 is 1.69 bits per heavy atom. The number of ether oxygens (including phenoxy) is 2. The standard InChI is InChI=1S/C11H20O2/c1-5-12-9-7-11(3,4)8-10-13-6-2/h5-6H,1-2,7-10H2,3-4H3. The van der Waals surface area contributed by atoms with E-state index >= 15 is 0 Å². The van der Waals surface area contributed by atoms with Crippen LogP contribution in [0.15, 0.2) is 25.7 Å². The molecule has 0 saturated carbocycles. The fourth-order valence-electron chi connectivity index (χ4n) is 0.962. The molecule has 13 heavy (non-hydrogen) atoms. The molecule has 0 aliphatic heterocycles. The van der Waals surface area contributed by atoms with E-state index in [0.29, 0.717) is 0 Å². The van der Waals surface area contributed by atoms with Crippen molar-refractivity contribution in [2.24, 2.45) is 5.41 Å². The molecular weight excluding hydrogens is 164 g/mol. The van der Waals surface area contributed by atoms with E-state index in [1.807, 2.05) is 0 Å². The minimum atomic E-state index is 0.256. The molecule has 2 nitrogen and oxygen atoms in total. The van der Waals surface area contributed by atoms with Crippen LogP contribution in [0.3, 0.4) is 0 Å². The van der Waals surface area contributed by atoms with Gasteiger partial charge in [-0.15, -0.1) is 0 Å². The highest BCUT2D eigenvalue weighted by molar-refractivity contribution is 4.69. The average molecular weight is 184 g/mol. The summed E-state index contributed by atoms with van der Waals surface area (Å²) in [4.78, 5) is 0. The van der Waals surface area contributed by atoms with E-state index in [9.17, 15) is 0 Å².